The second-order valence-corrected chi connectivity index (χ2v) is 22.1. The van der Waals surface area contributed by atoms with Crippen molar-refractivity contribution in [3.8, 4) is 0 Å². The number of primary amides is 1. The van der Waals surface area contributed by atoms with Gasteiger partial charge >= 0.3 is 0 Å². The van der Waals surface area contributed by atoms with E-state index in [1.54, 1.807) is 0 Å². The van der Waals surface area contributed by atoms with Crippen molar-refractivity contribution < 1.29 is 24.0 Å². The number of hydrogen-bond acceptors (Lipinski definition) is 7. The van der Waals surface area contributed by atoms with Crippen LogP contribution in [0.25, 0.3) is 0 Å². The van der Waals surface area contributed by atoms with E-state index in [0.29, 0.717) is 56.9 Å². The van der Waals surface area contributed by atoms with Crippen LogP contribution >= 0.6 is 0 Å². The molecule has 0 saturated carbocycles. The van der Waals surface area contributed by atoms with Crippen molar-refractivity contribution in [3.05, 3.63) is 0 Å². The quantitative estimate of drug-likeness (QED) is 0.0436. The molecule has 0 aliphatic heterocycles. The average molecular weight is 820 g/mol. The molecule has 0 aliphatic rings. The Kier molecular flexibility index (Phi) is 26.4. The van der Waals surface area contributed by atoms with Crippen LogP contribution in [0.4, 0.5) is 0 Å². The molecule has 10 heteroatoms. The second kappa shape index (κ2) is 27.5. The molecule has 10 nitrogen and oxygen atoms in total. The van der Waals surface area contributed by atoms with Crippen LogP contribution in [-0.2, 0) is 24.0 Å². The van der Waals surface area contributed by atoms with Crippen molar-refractivity contribution in [2.75, 3.05) is 13.1 Å². The van der Waals surface area contributed by atoms with Gasteiger partial charge in [-0.15, -0.1) is 0 Å². The third-order valence-corrected chi connectivity index (χ3v) is 10.6. The van der Waals surface area contributed by atoms with E-state index in [2.05, 4.69) is 104 Å². The third kappa shape index (κ3) is 30.7. The van der Waals surface area contributed by atoms with E-state index in [1.807, 2.05) is 13.8 Å². The summed E-state index contributed by atoms with van der Waals surface area (Å²) in [7, 11) is 0. The van der Waals surface area contributed by atoms with E-state index in [-0.39, 0.29) is 64.2 Å². The van der Waals surface area contributed by atoms with Crippen molar-refractivity contribution in [2.45, 2.75) is 236 Å². The molecule has 0 bridgehead atoms. The third-order valence-electron chi connectivity index (χ3n) is 10.6. The lowest BCUT2D eigenvalue weighted by atomic mass is 9.81. The minimum Gasteiger partial charge on any atom is -0.369 e. The highest BCUT2D eigenvalue weighted by atomic mass is 16.2. The lowest BCUT2D eigenvalue weighted by Crippen LogP contribution is -2.51. The van der Waals surface area contributed by atoms with Gasteiger partial charge in [-0.2, -0.15) is 0 Å². The zero-order valence-electron chi connectivity index (χ0n) is 40.1. The van der Waals surface area contributed by atoms with Crippen LogP contribution in [0.1, 0.15) is 213 Å². The van der Waals surface area contributed by atoms with Crippen LogP contribution in [0.2, 0.25) is 0 Å². The Morgan fingerprint density at radius 1 is 0.534 bits per heavy atom. The lowest BCUT2D eigenvalue weighted by Gasteiger charge is -2.28. The molecule has 0 radical (unpaired) electrons. The number of amides is 3. The van der Waals surface area contributed by atoms with Gasteiger partial charge in [-0.3, -0.25) is 24.0 Å². The standard InChI is InChI=1S/C48H93N5O5/c1-35(2)41(55)33-36(42(49)56)25-17-15-19-29-40(54)38(52-43(57)37(34-46(6,7)8)26-20-24-32-51-47(9,10)11)27-21-23-31-50-44(58)39(53-48(12,13)14)28-18-16-22-30-45(3,4)5/h35-39,51,53H,15-34H2,1-14H3,(H2,49,56)(H,50,58)(H,52,57). The maximum Gasteiger partial charge on any atom is 0.237 e. The van der Waals surface area contributed by atoms with Gasteiger partial charge in [0, 0.05) is 48.2 Å². The summed E-state index contributed by atoms with van der Waals surface area (Å²) in [6.07, 6.45) is 13.6. The van der Waals surface area contributed by atoms with Gasteiger partial charge in [-0.1, -0.05) is 93.9 Å². The monoisotopic (exact) mass is 820 g/mol. The molecular formula is C48H93N5O5. The number of hydrogen-bond donors (Lipinski definition) is 5. The number of carbonyl (C=O) groups excluding carboxylic acids is 5. The second-order valence-electron chi connectivity index (χ2n) is 22.1. The number of rotatable bonds is 31. The predicted molar refractivity (Wildman–Crippen MR) is 242 cm³/mol. The summed E-state index contributed by atoms with van der Waals surface area (Å²) < 4.78 is 0. The Morgan fingerprint density at radius 3 is 1.62 bits per heavy atom. The van der Waals surface area contributed by atoms with Crippen LogP contribution in [0, 0.1) is 28.6 Å². The number of nitrogens with one attached hydrogen (secondary N) is 4. The highest BCUT2D eigenvalue weighted by Crippen LogP contribution is 2.28. The number of Topliss-reactive ketones (excluding diaryl/α,β-unsaturated/α-hetero) is 2. The largest absolute Gasteiger partial charge is 0.369 e. The molecule has 0 fully saturated rings. The SMILES string of the molecule is CC(C)C(=O)CC(CCCCCC(=O)C(CCCCNC(=O)C(CCCCCC(C)(C)C)NC(C)(C)C)NC(=O)C(CCCCNC(C)(C)C)CC(C)(C)C)C(N)=O. The molecule has 58 heavy (non-hydrogen) atoms. The van der Waals surface area contributed by atoms with Crippen LogP contribution < -0.4 is 27.0 Å². The first-order chi connectivity index (χ1) is 26.6. The molecule has 0 spiro atoms. The summed E-state index contributed by atoms with van der Waals surface area (Å²) in [6.45, 7) is 31.0. The molecule has 3 amide bonds. The van der Waals surface area contributed by atoms with Gasteiger partial charge in [0.05, 0.1) is 12.1 Å². The minimum absolute atomic E-state index is 0.0153. The molecule has 0 saturated heterocycles. The van der Waals surface area contributed by atoms with Gasteiger partial charge in [0.1, 0.15) is 5.78 Å². The zero-order chi connectivity index (χ0) is 44.7. The van der Waals surface area contributed by atoms with Gasteiger partial charge in [-0.25, -0.2) is 0 Å². The highest BCUT2D eigenvalue weighted by Gasteiger charge is 2.29. The Hall–Kier alpha value is -2.33. The number of carbonyl (C=O) groups is 5. The van der Waals surface area contributed by atoms with E-state index >= 15 is 0 Å². The Labute approximate surface area is 356 Å². The number of nitrogens with two attached hydrogens (primary N) is 1. The highest BCUT2D eigenvalue weighted by molar-refractivity contribution is 5.90. The van der Waals surface area contributed by atoms with Gasteiger partial charge < -0.3 is 27.0 Å². The molecule has 0 aliphatic carbocycles. The summed E-state index contributed by atoms with van der Waals surface area (Å²) in [6, 6.07) is -0.861. The molecule has 340 valence electrons. The van der Waals surface area contributed by atoms with Gasteiger partial charge in [-0.05, 0) is 123 Å². The minimum atomic E-state index is -0.598. The molecule has 0 aromatic rings. The van der Waals surface area contributed by atoms with Crippen molar-refractivity contribution in [3.63, 3.8) is 0 Å². The van der Waals surface area contributed by atoms with Crippen LogP contribution in [-0.4, -0.2) is 65.5 Å². The molecule has 6 N–H and O–H groups in total. The fraction of sp³-hybridized carbons (Fsp3) is 0.896. The van der Waals surface area contributed by atoms with Gasteiger partial charge in [0.15, 0.2) is 5.78 Å². The molecule has 0 aromatic heterocycles. The average Bonchev–Trinajstić information content (AvgIpc) is 3.06. The summed E-state index contributed by atoms with van der Waals surface area (Å²) in [5.74, 6) is -1.26. The summed E-state index contributed by atoms with van der Waals surface area (Å²) >= 11 is 0. The topological polar surface area (TPSA) is 159 Å². The first-order valence-electron chi connectivity index (χ1n) is 23.1. The fourth-order valence-electron chi connectivity index (χ4n) is 7.29. The normalized spacial score (nSPS) is 14.8. The van der Waals surface area contributed by atoms with Crippen LogP contribution in [0.5, 0.6) is 0 Å². The van der Waals surface area contributed by atoms with Crippen LogP contribution in [0.3, 0.4) is 0 Å². The first-order valence-corrected chi connectivity index (χ1v) is 23.1. The maximum atomic E-state index is 13.9. The smallest absolute Gasteiger partial charge is 0.237 e. The van der Waals surface area contributed by atoms with Crippen LogP contribution in [0.15, 0.2) is 0 Å². The van der Waals surface area contributed by atoms with Crippen molar-refractivity contribution in [2.24, 2.45) is 34.3 Å². The van der Waals surface area contributed by atoms with Crippen molar-refractivity contribution >= 4 is 29.3 Å². The molecular weight excluding hydrogens is 727 g/mol. The summed E-state index contributed by atoms with van der Waals surface area (Å²) in [4.78, 5) is 65.4. The van der Waals surface area contributed by atoms with Gasteiger partial charge in [0.25, 0.3) is 0 Å². The Bertz CT molecular complexity index is 1200. The number of unbranched alkanes of at least 4 members (excludes halogenated alkanes) is 6. The summed E-state index contributed by atoms with van der Waals surface area (Å²) in [5, 5.41) is 13.4. The van der Waals surface area contributed by atoms with Gasteiger partial charge in [0.2, 0.25) is 17.7 Å². The number of ketones is 2. The maximum absolute atomic E-state index is 13.9. The molecule has 0 aromatic carbocycles. The lowest BCUT2D eigenvalue weighted by molar-refractivity contribution is -0.131. The Balaban J connectivity index is 5.58. The zero-order valence-corrected chi connectivity index (χ0v) is 40.1. The predicted octanol–water partition coefficient (Wildman–Crippen LogP) is 9.36. The molecule has 0 heterocycles. The fourth-order valence-corrected chi connectivity index (χ4v) is 7.29. The molecule has 4 unspecified atom stereocenters. The van der Waals surface area contributed by atoms with E-state index < -0.39 is 17.9 Å². The van der Waals surface area contributed by atoms with Crippen molar-refractivity contribution in [1.29, 1.82) is 0 Å². The molecule has 0 rings (SSSR count). The van der Waals surface area contributed by atoms with E-state index in [9.17, 15) is 24.0 Å². The van der Waals surface area contributed by atoms with E-state index in [1.165, 1.54) is 6.42 Å². The van der Waals surface area contributed by atoms with E-state index in [0.717, 1.165) is 64.3 Å². The first kappa shape index (κ1) is 55.7. The molecule has 4 atom stereocenters. The summed E-state index contributed by atoms with van der Waals surface area (Å²) in [5.41, 5.74) is 5.74. The van der Waals surface area contributed by atoms with Crippen molar-refractivity contribution in [1.82, 2.24) is 21.3 Å². The van der Waals surface area contributed by atoms with E-state index in [4.69, 9.17) is 5.73 Å². The Morgan fingerprint density at radius 2 is 1.07 bits per heavy atom.